The Hall–Kier alpha value is 0.120. The molecule has 0 aliphatic rings. The molecule has 1 unspecified atom stereocenters. The number of likely N-dealkylation sites (N-methyl/N-ethyl adjacent to an activating group) is 1. The molecule has 0 saturated carbocycles. The maximum Gasteiger partial charge on any atom is 0.322 e. The van der Waals surface area contributed by atoms with Gasteiger partial charge in [-0.1, -0.05) is 0 Å². The van der Waals surface area contributed by atoms with Gasteiger partial charge in [-0.3, -0.25) is 4.79 Å². The van der Waals surface area contributed by atoms with Gasteiger partial charge in [0.1, 0.15) is 6.04 Å². The van der Waals surface area contributed by atoms with E-state index in [9.17, 15) is 4.79 Å². The molecular weight excluding hydrogens is 235 g/mol. The van der Waals surface area contributed by atoms with Crippen molar-refractivity contribution in [3.63, 3.8) is 0 Å². The zero-order valence-electron chi connectivity index (χ0n) is 5.02. The van der Waals surface area contributed by atoms with Gasteiger partial charge in [-0.25, -0.2) is 3.53 Å². The smallest absolute Gasteiger partial charge is 0.322 e. The molecule has 0 aromatic heterocycles. The summed E-state index contributed by atoms with van der Waals surface area (Å²) in [5.41, 5.74) is 0. The van der Waals surface area contributed by atoms with Gasteiger partial charge in [-0.15, -0.1) is 0 Å². The molecule has 0 bridgehead atoms. The van der Waals surface area contributed by atoms with Crippen LogP contribution in [0.1, 0.15) is 0 Å². The molecule has 9 heavy (non-hydrogen) atoms. The molecule has 0 heterocycles. The molecule has 54 valence electrons. The fraction of sp³-hybridized carbons (Fsp3) is 0.750. The lowest BCUT2D eigenvalue weighted by atomic mass is 10.3. The van der Waals surface area contributed by atoms with E-state index in [1.54, 1.807) is 7.05 Å². The number of hydrogen-bond donors (Lipinski definition) is 3. The predicted molar refractivity (Wildman–Crippen MR) is 42.5 cm³/mol. The van der Waals surface area contributed by atoms with Gasteiger partial charge >= 0.3 is 5.97 Å². The fourth-order valence-corrected chi connectivity index (χ4v) is 0.863. The number of hydrogen-bond acceptors (Lipinski definition) is 3. The highest BCUT2D eigenvalue weighted by atomic mass is 127. The van der Waals surface area contributed by atoms with Crippen LogP contribution < -0.4 is 8.85 Å². The summed E-state index contributed by atoms with van der Waals surface area (Å²) < 4.78 is 2.61. The molecule has 0 rings (SSSR count). The zero-order valence-corrected chi connectivity index (χ0v) is 7.18. The van der Waals surface area contributed by atoms with E-state index in [1.807, 2.05) is 22.9 Å². The molecule has 4 nitrogen and oxygen atoms in total. The van der Waals surface area contributed by atoms with E-state index >= 15 is 0 Å². The number of carboxylic acid groups (broad SMARTS) is 1. The Balaban J connectivity index is 3.54. The second-order valence-corrected chi connectivity index (χ2v) is 2.18. The summed E-state index contributed by atoms with van der Waals surface area (Å²) in [4.78, 5) is 10.2. The molecule has 0 amide bonds. The Labute approximate surface area is 67.5 Å². The van der Waals surface area contributed by atoms with E-state index in [-0.39, 0.29) is 0 Å². The second kappa shape index (κ2) is 4.95. The van der Waals surface area contributed by atoms with Crippen molar-refractivity contribution < 1.29 is 9.90 Å². The second-order valence-electron chi connectivity index (χ2n) is 1.56. The Morgan fingerprint density at radius 3 is 2.56 bits per heavy atom. The Kier molecular flexibility index (Phi) is 5.02. The van der Waals surface area contributed by atoms with E-state index in [4.69, 9.17) is 5.11 Å². The molecule has 0 aliphatic heterocycles. The number of carbonyl (C=O) groups is 1. The van der Waals surface area contributed by atoms with Crippen LogP contribution in [0.3, 0.4) is 0 Å². The van der Waals surface area contributed by atoms with E-state index in [1.165, 1.54) is 0 Å². The van der Waals surface area contributed by atoms with Crippen molar-refractivity contribution in [3.05, 3.63) is 0 Å². The lowest BCUT2D eigenvalue weighted by Crippen LogP contribution is -2.38. The lowest BCUT2D eigenvalue weighted by Gasteiger charge is -2.07. The van der Waals surface area contributed by atoms with Crippen molar-refractivity contribution in [1.29, 1.82) is 0 Å². The monoisotopic (exact) mass is 244 g/mol. The number of halogens is 1. The minimum Gasteiger partial charge on any atom is -0.480 e. The summed E-state index contributed by atoms with van der Waals surface area (Å²) in [5.74, 6) is -0.834. The normalized spacial score (nSPS) is 13.1. The van der Waals surface area contributed by atoms with Crippen molar-refractivity contribution in [2.75, 3.05) is 13.6 Å². The highest BCUT2D eigenvalue weighted by molar-refractivity contribution is 14.1. The first-order valence-corrected chi connectivity index (χ1v) is 3.53. The molecule has 0 radical (unpaired) electrons. The first-order valence-electron chi connectivity index (χ1n) is 2.46. The summed E-state index contributed by atoms with van der Waals surface area (Å²) in [5, 5.41) is 11.1. The average Bonchev–Trinajstić information content (AvgIpc) is 1.82. The molecule has 0 fully saturated rings. The zero-order chi connectivity index (χ0) is 7.28. The largest absolute Gasteiger partial charge is 0.480 e. The van der Waals surface area contributed by atoms with Crippen LogP contribution >= 0.6 is 22.9 Å². The summed E-state index contributed by atoms with van der Waals surface area (Å²) in [6, 6.07) is -0.490. The summed E-state index contributed by atoms with van der Waals surface area (Å²) in [7, 11) is 1.71. The van der Waals surface area contributed by atoms with Crippen LogP contribution in [-0.2, 0) is 4.79 Å². The van der Waals surface area contributed by atoms with Crippen molar-refractivity contribution in [3.8, 4) is 0 Å². The van der Waals surface area contributed by atoms with Gasteiger partial charge < -0.3 is 10.4 Å². The number of nitrogens with one attached hydrogen (secondary N) is 2. The SMILES string of the molecule is CNCC(NI)C(=O)O. The van der Waals surface area contributed by atoms with Gasteiger partial charge in [0.25, 0.3) is 0 Å². The van der Waals surface area contributed by atoms with E-state index in [2.05, 4.69) is 8.85 Å². The third-order valence-electron chi connectivity index (χ3n) is 0.838. The van der Waals surface area contributed by atoms with Gasteiger partial charge in [0.2, 0.25) is 0 Å². The van der Waals surface area contributed by atoms with Crippen LogP contribution in [0.15, 0.2) is 0 Å². The highest BCUT2D eigenvalue weighted by Gasteiger charge is 2.12. The van der Waals surface area contributed by atoms with Crippen molar-refractivity contribution in [2.24, 2.45) is 0 Å². The number of carboxylic acids is 1. The minimum atomic E-state index is -0.834. The first kappa shape index (κ1) is 9.12. The van der Waals surface area contributed by atoms with Gasteiger partial charge in [-0.05, 0) is 7.05 Å². The lowest BCUT2D eigenvalue weighted by molar-refractivity contribution is -0.138. The molecule has 0 saturated heterocycles. The molecule has 5 heteroatoms. The first-order chi connectivity index (χ1) is 4.22. The third kappa shape index (κ3) is 3.66. The third-order valence-corrected chi connectivity index (χ3v) is 1.59. The minimum absolute atomic E-state index is 0.443. The van der Waals surface area contributed by atoms with E-state index in [0.29, 0.717) is 6.54 Å². The van der Waals surface area contributed by atoms with Crippen LogP contribution in [0.5, 0.6) is 0 Å². The molecule has 0 aromatic rings. The quantitative estimate of drug-likeness (QED) is 0.465. The number of rotatable bonds is 4. The fourth-order valence-electron chi connectivity index (χ4n) is 0.377. The molecule has 1 atom stereocenters. The number of aliphatic carboxylic acids is 1. The van der Waals surface area contributed by atoms with Gasteiger partial charge in [0.15, 0.2) is 0 Å². The maximum atomic E-state index is 10.2. The predicted octanol–water partition coefficient (Wildman–Crippen LogP) is -0.401. The molecule has 0 aromatic carbocycles. The van der Waals surface area contributed by atoms with Gasteiger partial charge in [0.05, 0.1) is 0 Å². The molecule has 3 N–H and O–H groups in total. The molecular formula is C4H9IN2O2. The van der Waals surface area contributed by atoms with Crippen LogP contribution in [0.25, 0.3) is 0 Å². The van der Waals surface area contributed by atoms with Gasteiger partial charge in [-0.2, -0.15) is 0 Å². The van der Waals surface area contributed by atoms with Crippen molar-refractivity contribution >= 4 is 28.8 Å². The molecule has 0 aliphatic carbocycles. The van der Waals surface area contributed by atoms with Crippen molar-refractivity contribution in [1.82, 2.24) is 8.85 Å². The van der Waals surface area contributed by atoms with Gasteiger partial charge in [0, 0.05) is 29.4 Å². The molecule has 0 spiro atoms. The van der Waals surface area contributed by atoms with Crippen LogP contribution in [0.2, 0.25) is 0 Å². The Morgan fingerprint density at radius 2 is 2.44 bits per heavy atom. The standard InChI is InChI=1S/C4H9IN2O2/c1-6-2-3(7-5)4(8)9/h3,6-7H,2H2,1H3,(H,8,9). The van der Waals surface area contributed by atoms with Crippen molar-refractivity contribution in [2.45, 2.75) is 6.04 Å². The summed E-state index contributed by atoms with van der Waals surface area (Å²) in [6.45, 7) is 0.443. The average molecular weight is 244 g/mol. The Morgan fingerprint density at radius 1 is 1.89 bits per heavy atom. The summed E-state index contributed by atoms with van der Waals surface area (Å²) in [6.07, 6.45) is 0. The van der Waals surface area contributed by atoms with E-state index in [0.717, 1.165) is 0 Å². The van der Waals surface area contributed by atoms with Crippen LogP contribution in [0, 0.1) is 0 Å². The van der Waals surface area contributed by atoms with Crippen LogP contribution in [0.4, 0.5) is 0 Å². The summed E-state index contributed by atoms with van der Waals surface area (Å²) >= 11 is 1.82. The van der Waals surface area contributed by atoms with E-state index < -0.39 is 12.0 Å². The highest BCUT2D eigenvalue weighted by Crippen LogP contribution is 1.84. The topological polar surface area (TPSA) is 61.4 Å². The Bertz CT molecular complexity index is 98.6. The van der Waals surface area contributed by atoms with Crippen LogP contribution in [-0.4, -0.2) is 30.7 Å². The maximum absolute atomic E-state index is 10.2.